The summed E-state index contributed by atoms with van der Waals surface area (Å²) >= 11 is 0. The molecule has 0 saturated carbocycles. The van der Waals surface area contributed by atoms with Gasteiger partial charge < -0.3 is 10.5 Å². The molecule has 0 unspecified atom stereocenters. The third kappa shape index (κ3) is 3.33. The van der Waals surface area contributed by atoms with E-state index >= 15 is 0 Å². The number of nitrogen functional groups attached to an aromatic ring is 1. The first-order chi connectivity index (χ1) is 8.25. The summed E-state index contributed by atoms with van der Waals surface area (Å²) in [6.07, 6.45) is 0. The first-order valence-corrected chi connectivity index (χ1v) is 5.72. The van der Waals surface area contributed by atoms with Gasteiger partial charge in [0.1, 0.15) is 0 Å². The predicted molar refractivity (Wildman–Crippen MR) is 70.5 cm³/mol. The van der Waals surface area contributed by atoms with E-state index in [2.05, 4.69) is 18.2 Å². The molecule has 0 spiro atoms. The van der Waals surface area contributed by atoms with Gasteiger partial charge in [-0.1, -0.05) is 42.5 Å². The van der Waals surface area contributed by atoms with Crippen LogP contribution in [0.2, 0.25) is 0 Å². The molecule has 0 saturated heterocycles. The van der Waals surface area contributed by atoms with Crippen LogP contribution in [0.3, 0.4) is 0 Å². The molecule has 2 nitrogen and oxygen atoms in total. The fourth-order valence-corrected chi connectivity index (χ4v) is 1.70. The summed E-state index contributed by atoms with van der Waals surface area (Å²) in [4.78, 5) is 0. The third-order valence-electron chi connectivity index (χ3n) is 2.67. The molecule has 0 amide bonds. The molecule has 2 N–H and O–H groups in total. The van der Waals surface area contributed by atoms with Gasteiger partial charge in [0.2, 0.25) is 0 Å². The summed E-state index contributed by atoms with van der Waals surface area (Å²) in [5.74, 6) is 0. The van der Waals surface area contributed by atoms with Gasteiger partial charge in [-0.25, -0.2) is 0 Å². The molecule has 2 rings (SSSR count). The van der Waals surface area contributed by atoms with Gasteiger partial charge in [-0.15, -0.1) is 0 Å². The number of anilines is 1. The summed E-state index contributed by atoms with van der Waals surface area (Å²) in [5.41, 5.74) is 10.1. The van der Waals surface area contributed by atoms with Crippen molar-refractivity contribution >= 4 is 5.69 Å². The van der Waals surface area contributed by atoms with Crippen LogP contribution in [0.1, 0.15) is 16.7 Å². The zero-order valence-electron chi connectivity index (χ0n) is 10.0. The minimum Gasteiger partial charge on any atom is -0.398 e. The minimum absolute atomic E-state index is 0.557. The Bertz CT molecular complexity index is 480. The lowest BCUT2D eigenvalue weighted by atomic mass is 10.1. The van der Waals surface area contributed by atoms with Crippen LogP contribution in [0.4, 0.5) is 5.69 Å². The Kier molecular flexibility index (Phi) is 3.78. The van der Waals surface area contributed by atoms with Crippen LogP contribution in [0.15, 0.2) is 48.5 Å². The molecular weight excluding hydrogens is 210 g/mol. The molecule has 0 fully saturated rings. The normalized spacial score (nSPS) is 10.4. The zero-order chi connectivity index (χ0) is 12.1. The molecule has 2 aromatic rings. The second-order valence-corrected chi connectivity index (χ2v) is 4.18. The van der Waals surface area contributed by atoms with Crippen molar-refractivity contribution in [1.82, 2.24) is 0 Å². The first kappa shape index (κ1) is 11.7. The molecule has 2 heteroatoms. The molecule has 0 aliphatic carbocycles. The maximum Gasteiger partial charge on any atom is 0.0741 e. The van der Waals surface area contributed by atoms with Gasteiger partial charge >= 0.3 is 0 Å². The average Bonchev–Trinajstić information content (AvgIpc) is 2.33. The van der Waals surface area contributed by atoms with Crippen molar-refractivity contribution in [3.8, 4) is 0 Å². The summed E-state index contributed by atoms with van der Waals surface area (Å²) in [5, 5.41) is 0. The van der Waals surface area contributed by atoms with Crippen molar-refractivity contribution in [2.75, 3.05) is 5.73 Å². The Labute approximate surface area is 102 Å². The summed E-state index contributed by atoms with van der Waals surface area (Å²) in [6.45, 7) is 3.21. The monoisotopic (exact) mass is 227 g/mol. The number of ether oxygens (including phenoxy) is 1. The van der Waals surface area contributed by atoms with E-state index in [0.717, 1.165) is 11.3 Å². The Hall–Kier alpha value is -1.80. The van der Waals surface area contributed by atoms with E-state index in [0.29, 0.717) is 13.2 Å². The molecule has 0 atom stereocenters. The van der Waals surface area contributed by atoms with E-state index in [1.54, 1.807) is 0 Å². The highest BCUT2D eigenvalue weighted by molar-refractivity contribution is 5.48. The van der Waals surface area contributed by atoms with Gasteiger partial charge in [-0.05, 0) is 24.1 Å². The van der Waals surface area contributed by atoms with E-state index in [1.807, 2.05) is 37.3 Å². The van der Waals surface area contributed by atoms with Gasteiger partial charge in [0.05, 0.1) is 13.2 Å². The van der Waals surface area contributed by atoms with E-state index in [-0.39, 0.29) is 0 Å². The molecule has 0 aliphatic heterocycles. The SMILES string of the molecule is Cc1ccc(COCc2ccccc2)c(N)c1. The van der Waals surface area contributed by atoms with Crippen molar-refractivity contribution < 1.29 is 4.74 Å². The van der Waals surface area contributed by atoms with Crippen molar-refractivity contribution in [3.63, 3.8) is 0 Å². The number of hydrogen-bond donors (Lipinski definition) is 1. The van der Waals surface area contributed by atoms with Crippen molar-refractivity contribution in [1.29, 1.82) is 0 Å². The Morgan fingerprint density at radius 2 is 1.76 bits per heavy atom. The van der Waals surface area contributed by atoms with Crippen LogP contribution in [-0.4, -0.2) is 0 Å². The first-order valence-electron chi connectivity index (χ1n) is 5.72. The van der Waals surface area contributed by atoms with Crippen molar-refractivity contribution in [3.05, 3.63) is 65.2 Å². The quantitative estimate of drug-likeness (QED) is 0.813. The highest BCUT2D eigenvalue weighted by Gasteiger charge is 1.99. The maximum atomic E-state index is 5.92. The van der Waals surface area contributed by atoms with Gasteiger partial charge in [0.15, 0.2) is 0 Å². The zero-order valence-corrected chi connectivity index (χ0v) is 10.0. The smallest absolute Gasteiger partial charge is 0.0741 e. The van der Waals surface area contributed by atoms with Crippen molar-refractivity contribution in [2.24, 2.45) is 0 Å². The van der Waals surface area contributed by atoms with E-state index in [4.69, 9.17) is 10.5 Å². The van der Waals surface area contributed by atoms with Crippen molar-refractivity contribution in [2.45, 2.75) is 20.1 Å². The van der Waals surface area contributed by atoms with Crippen LogP contribution in [-0.2, 0) is 18.0 Å². The van der Waals surface area contributed by atoms with E-state index in [1.165, 1.54) is 11.1 Å². The standard InChI is InChI=1S/C15H17NO/c1-12-7-8-14(15(16)9-12)11-17-10-13-5-3-2-4-6-13/h2-9H,10-11,16H2,1H3. The lowest BCUT2D eigenvalue weighted by Crippen LogP contribution is -1.99. The third-order valence-corrected chi connectivity index (χ3v) is 2.67. The van der Waals surface area contributed by atoms with Crippen LogP contribution in [0.25, 0.3) is 0 Å². The molecule has 0 aromatic heterocycles. The Morgan fingerprint density at radius 1 is 1.00 bits per heavy atom. The lowest BCUT2D eigenvalue weighted by Gasteiger charge is -2.08. The van der Waals surface area contributed by atoms with Crippen LogP contribution in [0, 0.1) is 6.92 Å². The summed E-state index contributed by atoms with van der Waals surface area (Å²) in [6, 6.07) is 16.2. The topological polar surface area (TPSA) is 35.2 Å². The fourth-order valence-electron chi connectivity index (χ4n) is 1.70. The second-order valence-electron chi connectivity index (χ2n) is 4.18. The average molecular weight is 227 g/mol. The molecule has 2 aromatic carbocycles. The molecule has 0 bridgehead atoms. The van der Waals surface area contributed by atoms with E-state index < -0.39 is 0 Å². The molecule has 0 heterocycles. The Morgan fingerprint density at radius 3 is 2.47 bits per heavy atom. The molecular formula is C15H17NO. The van der Waals surface area contributed by atoms with Gasteiger partial charge in [0, 0.05) is 11.3 Å². The Balaban J connectivity index is 1.90. The van der Waals surface area contributed by atoms with Crippen LogP contribution < -0.4 is 5.73 Å². The number of rotatable bonds is 4. The minimum atomic E-state index is 0.557. The second kappa shape index (κ2) is 5.51. The van der Waals surface area contributed by atoms with Crippen LogP contribution >= 0.6 is 0 Å². The van der Waals surface area contributed by atoms with E-state index in [9.17, 15) is 0 Å². The van der Waals surface area contributed by atoms with Gasteiger partial charge in [-0.3, -0.25) is 0 Å². The van der Waals surface area contributed by atoms with Gasteiger partial charge in [-0.2, -0.15) is 0 Å². The highest BCUT2D eigenvalue weighted by atomic mass is 16.5. The van der Waals surface area contributed by atoms with Crippen LogP contribution in [0.5, 0.6) is 0 Å². The molecule has 0 radical (unpaired) electrons. The number of hydrogen-bond acceptors (Lipinski definition) is 2. The van der Waals surface area contributed by atoms with Gasteiger partial charge in [0.25, 0.3) is 0 Å². The fraction of sp³-hybridized carbons (Fsp3) is 0.200. The maximum absolute atomic E-state index is 5.92. The summed E-state index contributed by atoms with van der Waals surface area (Å²) < 4.78 is 5.65. The number of nitrogens with two attached hydrogens (primary N) is 1. The number of aryl methyl sites for hydroxylation is 1. The lowest BCUT2D eigenvalue weighted by molar-refractivity contribution is 0.107. The molecule has 88 valence electrons. The largest absolute Gasteiger partial charge is 0.398 e. The molecule has 0 aliphatic rings. The summed E-state index contributed by atoms with van der Waals surface area (Å²) in [7, 11) is 0. The number of benzene rings is 2. The molecule has 17 heavy (non-hydrogen) atoms. The highest BCUT2D eigenvalue weighted by Crippen LogP contribution is 2.15. The predicted octanol–water partition coefficient (Wildman–Crippen LogP) is 3.29.